The van der Waals surface area contributed by atoms with Gasteiger partial charge in [0.15, 0.2) is 0 Å². The molecule has 0 aromatic carbocycles. The fraction of sp³-hybridized carbons (Fsp3) is 0.455. The van der Waals surface area contributed by atoms with E-state index < -0.39 is 5.97 Å². The fourth-order valence-electron chi connectivity index (χ4n) is 2.02. The smallest absolute Gasteiger partial charge is 0.337 e. The maximum Gasteiger partial charge on any atom is 0.337 e. The average molecular weight is 191 g/mol. The van der Waals surface area contributed by atoms with E-state index in [1.165, 1.54) is 0 Å². The number of aryl methyl sites for hydroxylation is 2. The Morgan fingerprint density at radius 2 is 2.36 bits per heavy atom. The maximum atomic E-state index is 10.9. The van der Waals surface area contributed by atoms with E-state index >= 15 is 0 Å². The van der Waals surface area contributed by atoms with Gasteiger partial charge in [0, 0.05) is 5.69 Å². The van der Waals surface area contributed by atoms with Crippen LogP contribution in [0.15, 0.2) is 6.07 Å². The van der Waals surface area contributed by atoms with E-state index in [2.05, 4.69) is 11.9 Å². The molecular formula is C11H13NO2. The Balaban J connectivity index is 2.57. The van der Waals surface area contributed by atoms with Gasteiger partial charge in [0.2, 0.25) is 0 Å². The van der Waals surface area contributed by atoms with Crippen LogP contribution in [0.25, 0.3) is 0 Å². The van der Waals surface area contributed by atoms with E-state index in [0.29, 0.717) is 17.2 Å². The van der Waals surface area contributed by atoms with Crippen LogP contribution in [0.1, 0.15) is 46.6 Å². The summed E-state index contributed by atoms with van der Waals surface area (Å²) >= 11 is 0. The number of carboxylic acid groups (broad SMARTS) is 1. The summed E-state index contributed by atoms with van der Waals surface area (Å²) in [6, 6.07) is 1.79. The Kier molecular flexibility index (Phi) is 2.02. The van der Waals surface area contributed by atoms with Gasteiger partial charge in [0.05, 0.1) is 11.3 Å². The number of pyridine rings is 1. The third kappa shape index (κ3) is 1.29. The van der Waals surface area contributed by atoms with Crippen molar-refractivity contribution in [2.45, 2.75) is 32.6 Å². The van der Waals surface area contributed by atoms with Crippen LogP contribution in [-0.2, 0) is 6.42 Å². The molecule has 1 heterocycles. The largest absolute Gasteiger partial charge is 0.478 e. The van der Waals surface area contributed by atoms with Gasteiger partial charge in [0.25, 0.3) is 0 Å². The molecule has 0 aliphatic heterocycles. The molecule has 0 saturated heterocycles. The number of carboxylic acids is 1. The molecule has 3 nitrogen and oxygen atoms in total. The number of fused-ring (bicyclic) bond motifs is 1. The summed E-state index contributed by atoms with van der Waals surface area (Å²) in [5.41, 5.74) is 3.18. The van der Waals surface area contributed by atoms with Crippen molar-refractivity contribution in [3.63, 3.8) is 0 Å². The monoisotopic (exact) mass is 191 g/mol. The first-order chi connectivity index (χ1) is 6.59. The lowest BCUT2D eigenvalue weighted by Crippen LogP contribution is -2.05. The second-order valence-corrected chi connectivity index (χ2v) is 3.90. The van der Waals surface area contributed by atoms with Crippen molar-refractivity contribution >= 4 is 5.97 Å². The minimum atomic E-state index is -0.878. The van der Waals surface area contributed by atoms with Gasteiger partial charge >= 0.3 is 5.97 Å². The zero-order chi connectivity index (χ0) is 10.3. The molecule has 0 radical (unpaired) electrons. The van der Waals surface area contributed by atoms with Gasteiger partial charge in [-0.15, -0.1) is 0 Å². The molecule has 1 aliphatic carbocycles. The van der Waals surface area contributed by atoms with E-state index in [9.17, 15) is 4.79 Å². The Bertz CT molecular complexity index is 399. The number of nitrogens with zero attached hydrogens (tertiary/aromatic N) is 1. The first-order valence-corrected chi connectivity index (χ1v) is 4.83. The van der Waals surface area contributed by atoms with E-state index in [1.54, 1.807) is 13.0 Å². The molecule has 0 spiro atoms. The normalized spacial score (nSPS) is 19.4. The highest BCUT2D eigenvalue weighted by atomic mass is 16.4. The predicted octanol–water partition coefficient (Wildman–Crippen LogP) is 2.14. The lowest BCUT2D eigenvalue weighted by molar-refractivity contribution is 0.0695. The van der Waals surface area contributed by atoms with Crippen molar-refractivity contribution in [1.82, 2.24) is 4.98 Å². The highest BCUT2D eigenvalue weighted by molar-refractivity contribution is 5.89. The zero-order valence-corrected chi connectivity index (χ0v) is 8.37. The van der Waals surface area contributed by atoms with Crippen LogP contribution < -0.4 is 0 Å². The summed E-state index contributed by atoms with van der Waals surface area (Å²) in [6.45, 7) is 3.88. The second-order valence-electron chi connectivity index (χ2n) is 3.90. The first kappa shape index (κ1) is 9.19. The minimum Gasteiger partial charge on any atom is -0.478 e. The molecule has 0 unspecified atom stereocenters. The maximum absolute atomic E-state index is 10.9. The zero-order valence-electron chi connectivity index (χ0n) is 8.37. The highest BCUT2D eigenvalue weighted by Crippen LogP contribution is 2.32. The van der Waals surface area contributed by atoms with Crippen molar-refractivity contribution in [2.24, 2.45) is 0 Å². The highest BCUT2D eigenvalue weighted by Gasteiger charge is 2.22. The van der Waals surface area contributed by atoms with Crippen molar-refractivity contribution in [3.8, 4) is 0 Å². The SMILES string of the molecule is Cc1nc2c(cc1C(=O)O)[C@@H](C)CC2. The molecule has 1 atom stereocenters. The summed E-state index contributed by atoms with van der Waals surface area (Å²) < 4.78 is 0. The van der Waals surface area contributed by atoms with Crippen molar-refractivity contribution < 1.29 is 9.90 Å². The van der Waals surface area contributed by atoms with Crippen LogP contribution in [0.2, 0.25) is 0 Å². The Hall–Kier alpha value is -1.38. The molecule has 74 valence electrons. The van der Waals surface area contributed by atoms with Crippen molar-refractivity contribution in [3.05, 3.63) is 28.6 Å². The van der Waals surface area contributed by atoms with Gasteiger partial charge in [-0.05, 0) is 37.3 Å². The third-order valence-corrected chi connectivity index (χ3v) is 2.90. The van der Waals surface area contributed by atoms with Gasteiger partial charge < -0.3 is 5.11 Å². The van der Waals surface area contributed by atoms with Crippen LogP contribution in [0.4, 0.5) is 0 Å². The summed E-state index contributed by atoms with van der Waals surface area (Å²) in [6.07, 6.45) is 2.07. The Morgan fingerprint density at radius 3 is 3.00 bits per heavy atom. The molecule has 1 aromatic heterocycles. The number of hydrogen-bond acceptors (Lipinski definition) is 2. The molecule has 1 aromatic rings. The van der Waals surface area contributed by atoms with Crippen LogP contribution in [0.3, 0.4) is 0 Å². The van der Waals surface area contributed by atoms with Gasteiger partial charge in [-0.25, -0.2) is 4.79 Å². The number of carbonyl (C=O) groups is 1. The van der Waals surface area contributed by atoms with Gasteiger partial charge in [0.1, 0.15) is 0 Å². The molecule has 2 rings (SSSR count). The lowest BCUT2D eigenvalue weighted by Gasteiger charge is -2.07. The Morgan fingerprint density at radius 1 is 1.64 bits per heavy atom. The summed E-state index contributed by atoms with van der Waals surface area (Å²) in [5.74, 6) is -0.423. The van der Waals surface area contributed by atoms with E-state index in [-0.39, 0.29) is 0 Å². The summed E-state index contributed by atoms with van der Waals surface area (Å²) in [5, 5.41) is 8.94. The van der Waals surface area contributed by atoms with Gasteiger partial charge in [-0.3, -0.25) is 4.98 Å². The molecule has 1 N–H and O–H groups in total. The molecule has 0 saturated carbocycles. The second kappa shape index (κ2) is 3.08. The van der Waals surface area contributed by atoms with E-state index in [0.717, 1.165) is 24.1 Å². The quantitative estimate of drug-likeness (QED) is 0.739. The third-order valence-electron chi connectivity index (χ3n) is 2.90. The van der Waals surface area contributed by atoms with E-state index in [1.807, 2.05) is 0 Å². The number of hydrogen-bond donors (Lipinski definition) is 1. The Labute approximate surface area is 82.8 Å². The van der Waals surface area contributed by atoms with Crippen LogP contribution in [-0.4, -0.2) is 16.1 Å². The van der Waals surface area contributed by atoms with Crippen molar-refractivity contribution in [2.75, 3.05) is 0 Å². The molecular weight excluding hydrogens is 178 g/mol. The first-order valence-electron chi connectivity index (χ1n) is 4.83. The molecule has 0 fully saturated rings. The lowest BCUT2D eigenvalue weighted by atomic mass is 10.0. The number of rotatable bonds is 1. The molecule has 0 bridgehead atoms. The molecule has 14 heavy (non-hydrogen) atoms. The van der Waals surface area contributed by atoms with Crippen LogP contribution in [0, 0.1) is 6.92 Å². The topological polar surface area (TPSA) is 50.2 Å². The standard InChI is InChI=1S/C11H13NO2/c1-6-3-4-10-8(6)5-9(11(13)14)7(2)12-10/h5-6H,3-4H2,1-2H3,(H,13,14)/t6-/m0/s1. The minimum absolute atomic E-state index is 0.345. The number of aromatic nitrogens is 1. The average Bonchev–Trinajstić information content (AvgIpc) is 2.46. The van der Waals surface area contributed by atoms with Crippen molar-refractivity contribution in [1.29, 1.82) is 0 Å². The summed E-state index contributed by atoms with van der Waals surface area (Å²) in [7, 11) is 0. The van der Waals surface area contributed by atoms with Crippen LogP contribution >= 0.6 is 0 Å². The predicted molar refractivity (Wildman–Crippen MR) is 52.7 cm³/mol. The summed E-state index contributed by atoms with van der Waals surface area (Å²) in [4.78, 5) is 15.2. The van der Waals surface area contributed by atoms with E-state index in [4.69, 9.17) is 5.11 Å². The molecule has 0 amide bonds. The van der Waals surface area contributed by atoms with Gasteiger partial charge in [-0.1, -0.05) is 6.92 Å². The molecule has 3 heteroatoms. The molecule has 1 aliphatic rings. The van der Waals surface area contributed by atoms with Gasteiger partial charge in [-0.2, -0.15) is 0 Å². The van der Waals surface area contributed by atoms with Crippen LogP contribution in [0.5, 0.6) is 0 Å². The fourth-order valence-corrected chi connectivity index (χ4v) is 2.02. The number of aromatic carboxylic acids is 1.